The summed E-state index contributed by atoms with van der Waals surface area (Å²) in [5.74, 6) is -0.399. The van der Waals surface area contributed by atoms with Crippen molar-refractivity contribution in [3.05, 3.63) is 142 Å². The molecule has 0 fully saturated rings. The Morgan fingerprint density at radius 2 is 1.56 bits per heavy atom. The number of non-ortho nitro benzene ring substituents is 1. The molecule has 41 heavy (non-hydrogen) atoms. The molecule has 4 aromatic carbocycles. The minimum absolute atomic E-state index is 0.000727. The monoisotopic (exact) mass is 560 g/mol. The summed E-state index contributed by atoms with van der Waals surface area (Å²) in [6.07, 6.45) is 1.58. The van der Waals surface area contributed by atoms with Crippen molar-refractivity contribution < 1.29 is 14.1 Å². The van der Waals surface area contributed by atoms with Gasteiger partial charge in [-0.05, 0) is 53.6 Å². The maximum atomic E-state index is 12.8. The van der Waals surface area contributed by atoms with Gasteiger partial charge in [-0.15, -0.1) is 0 Å². The first-order chi connectivity index (χ1) is 20.0. The quantitative estimate of drug-likeness (QED) is 0.122. The van der Waals surface area contributed by atoms with Gasteiger partial charge in [0.1, 0.15) is 5.58 Å². The van der Waals surface area contributed by atoms with E-state index in [1.54, 1.807) is 42.6 Å². The number of rotatable bonds is 7. The first-order valence-corrected chi connectivity index (χ1v) is 13.0. The maximum absolute atomic E-state index is 12.8. The number of nitro groups is 1. The Balaban J connectivity index is 1.43. The lowest BCUT2D eigenvalue weighted by molar-refractivity contribution is -0.384. The SMILES string of the molecule is O=C(N/N=C\c1cc(-c2ccccc2)n(-c2ccc([N+](=O)[O-])cc2)c1-c1ccccc1)c1cc2cc(Cl)ccc2o1. The lowest BCUT2D eigenvalue weighted by Crippen LogP contribution is -2.16. The van der Waals surface area contributed by atoms with Crippen LogP contribution in [0.2, 0.25) is 5.02 Å². The maximum Gasteiger partial charge on any atom is 0.307 e. The summed E-state index contributed by atoms with van der Waals surface area (Å²) in [6.45, 7) is 0. The molecule has 200 valence electrons. The average Bonchev–Trinajstić information content (AvgIpc) is 3.60. The first-order valence-electron chi connectivity index (χ1n) is 12.6. The zero-order valence-corrected chi connectivity index (χ0v) is 22.2. The normalized spacial score (nSPS) is 11.2. The van der Waals surface area contributed by atoms with E-state index in [2.05, 4.69) is 10.5 Å². The molecule has 0 bridgehead atoms. The third kappa shape index (κ3) is 5.24. The number of furan rings is 1. The number of nitrogens with one attached hydrogen (secondary N) is 1. The molecule has 0 radical (unpaired) electrons. The van der Waals surface area contributed by atoms with Crippen molar-refractivity contribution in [3.8, 4) is 28.2 Å². The van der Waals surface area contributed by atoms with Gasteiger partial charge in [0, 0.05) is 33.8 Å². The van der Waals surface area contributed by atoms with Crippen LogP contribution in [0.5, 0.6) is 0 Å². The van der Waals surface area contributed by atoms with E-state index in [9.17, 15) is 14.9 Å². The Kier molecular flexibility index (Phi) is 6.89. The molecule has 0 spiro atoms. The lowest BCUT2D eigenvalue weighted by atomic mass is 10.1. The molecule has 0 aliphatic rings. The molecule has 0 saturated heterocycles. The number of carbonyl (C=O) groups excluding carboxylic acids is 1. The van der Waals surface area contributed by atoms with Crippen LogP contribution >= 0.6 is 11.6 Å². The third-order valence-electron chi connectivity index (χ3n) is 6.54. The lowest BCUT2D eigenvalue weighted by Gasteiger charge is -2.15. The van der Waals surface area contributed by atoms with Gasteiger partial charge < -0.3 is 8.98 Å². The Hall–Kier alpha value is -5.47. The van der Waals surface area contributed by atoms with Crippen molar-refractivity contribution in [2.75, 3.05) is 0 Å². The van der Waals surface area contributed by atoms with E-state index < -0.39 is 10.8 Å². The summed E-state index contributed by atoms with van der Waals surface area (Å²) in [5, 5.41) is 16.8. The van der Waals surface area contributed by atoms with Gasteiger partial charge >= 0.3 is 5.91 Å². The second-order valence-corrected chi connectivity index (χ2v) is 9.60. The first kappa shape index (κ1) is 25.8. The Bertz CT molecular complexity index is 1910. The van der Waals surface area contributed by atoms with Crippen molar-refractivity contribution in [1.82, 2.24) is 9.99 Å². The fourth-order valence-electron chi connectivity index (χ4n) is 4.67. The van der Waals surface area contributed by atoms with Crippen molar-refractivity contribution in [2.45, 2.75) is 0 Å². The number of aromatic nitrogens is 1. The van der Waals surface area contributed by atoms with Crippen molar-refractivity contribution in [3.63, 3.8) is 0 Å². The largest absolute Gasteiger partial charge is 0.451 e. The Morgan fingerprint density at radius 1 is 0.878 bits per heavy atom. The van der Waals surface area contributed by atoms with Gasteiger partial charge in [-0.2, -0.15) is 5.10 Å². The molecule has 2 heterocycles. The standard InChI is InChI=1S/C32H21ClN4O4/c33-25-11-16-29-23(17-25)19-30(41-29)32(38)35-34-20-24-18-28(21-7-3-1-4-8-21)36(31(24)22-9-5-2-6-10-22)26-12-14-27(15-13-26)37(39)40/h1-20H,(H,35,38)/b34-20-. The highest BCUT2D eigenvalue weighted by atomic mass is 35.5. The summed E-state index contributed by atoms with van der Waals surface area (Å²) in [4.78, 5) is 23.7. The molecule has 0 aliphatic carbocycles. The molecule has 0 unspecified atom stereocenters. The summed E-state index contributed by atoms with van der Waals surface area (Å²) in [6, 6.07) is 34.6. The van der Waals surface area contributed by atoms with E-state index in [0.717, 1.165) is 33.8 Å². The second-order valence-electron chi connectivity index (χ2n) is 9.17. The van der Waals surface area contributed by atoms with Gasteiger partial charge in [0.2, 0.25) is 0 Å². The minimum Gasteiger partial charge on any atom is -0.451 e. The van der Waals surface area contributed by atoms with Crippen LogP contribution in [0.3, 0.4) is 0 Å². The topological polar surface area (TPSA) is 103 Å². The van der Waals surface area contributed by atoms with Gasteiger partial charge in [-0.1, -0.05) is 72.3 Å². The Labute approximate surface area is 239 Å². The fraction of sp³-hybridized carbons (Fsp3) is 0. The molecule has 0 aliphatic heterocycles. The van der Waals surface area contributed by atoms with Crippen LogP contribution in [0.1, 0.15) is 16.1 Å². The molecule has 0 atom stereocenters. The zero-order chi connectivity index (χ0) is 28.3. The number of amides is 1. The third-order valence-corrected chi connectivity index (χ3v) is 6.77. The summed E-state index contributed by atoms with van der Waals surface area (Å²) >= 11 is 6.05. The number of hydrogen-bond donors (Lipinski definition) is 1. The molecule has 1 amide bonds. The van der Waals surface area contributed by atoms with Gasteiger partial charge in [-0.25, -0.2) is 5.43 Å². The van der Waals surface area contributed by atoms with Crippen LogP contribution in [-0.2, 0) is 0 Å². The molecule has 9 heteroatoms. The Morgan fingerprint density at radius 3 is 2.24 bits per heavy atom. The van der Waals surface area contributed by atoms with Gasteiger partial charge in [0.25, 0.3) is 5.69 Å². The van der Waals surface area contributed by atoms with Gasteiger partial charge in [0.15, 0.2) is 5.76 Å². The van der Waals surface area contributed by atoms with E-state index in [1.807, 2.05) is 71.3 Å². The number of benzene rings is 4. The van der Waals surface area contributed by atoms with Crippen LogP contribution < -0.4 is 5.43 Å². The van der Waals surface area contributed by atoms with E-state index in [-0.39, 0.29) is 11.4 Å². The van der Waals surface area contributed by atoms with Crippen molar-refractivity contribution in [2.24, 2.45) is 5.10 Å². The van der Waals surface area contributed by atoms with Crippen LogP contribution in [0.15, 0.2) is 125 Å². The summed E-state index contributed by atoms with van der Waals surface area (Å²) in [7, 11) is 0. The predicted octanol–water partition coefficient (Wildman–Crippen LogP) is 7.88. The number of carbonyl (C=O) groups is 1. The molecule has 6 aromatic rings. The molecule has 0 saturated carbocycles. The highest BCUT2D eigenvalue weighted by Crippen LogP contribution is 2.36. The number of hydrogen-bond acceptors (Lipinski definition) is 5. The highest BCUT2D eigenvalue weighted by Gasteiger charge is 2.20. The van der Waals surface area contributed by atoms with E-state index >= 15 is 0 Å². The predicted molar refractivity (Wildman–Crippen MR) is 160 cm³/mol. The van der Waals surface area contributed by atoms with Crippen LogP contribution in [0.4, 0.5) is 5.69 Å². The molecular weight excluding hydrogens is 540 g/mol. The number of nitrogens with zero attached hydrogens (tertiary/aromatic N) is 3. The van der Waals surface area contributed by atoms with Crippen LogP contribution in [0, 0.1) is 10.1 Å². The van der Waals surface area contributed by atoms with E-state index in [0.29, 0.717) is 16.0 Å². The van der Waals surface area contributed by atoms with Gasteiger partial charge in [-0.3, -0.25) is 14.9 Å². The number of hydrazone groups is 1. The van der Waals surface area contributed by atoms with Crippen LogP contribution in [-0.4, -0.2) is 21.6 Å². The second kappa shape index (κ2) is 11.0. The van der Waals surface area contributed by atoms with E-state index in [4.69, 9.17) is 16.0 Å². The van der Waals surface area contributed by atoms with Crippen molar-refractivity contribution >= 4 is 40.4 Å². The van der Waals surface area contributed by atoms with Crippen molar-refractivity contribution in [1.29, 1.82) is 0 Å². The summed E-state index contributed by atoms with van der Waals surface area (Å²) < 4.78 is 7.68. The van der Waals surface area contributed by atoms with E-state index in [1.165, 1.54) is 12.1 Å². The number of fused-ring (bicyclic) bond motifs is 1. The molecule has 1 N–H and O–H groups in total. The molecule has 6 rings (SSSR count). The highest BCUT2D eigenvalue weighted by molar-refractivity contribution is 6.31. The zero-order valence-electron chi connectivity index (χ0n) is 21.4. The smallest absolute Gasteiger partial charge is 0.307 e. The number of halogens is 1. The summed E-state index contributed by atoms with van der Waals surface area (Å²) in [5.41, 5.74) is 8.04. The molecule has 8 nitrogen and oxygen atoms in total. The van der Waals surface area contributed by atoms with Gasteiger partial charge in [0.05, 0.1) is 22.5 Å². The number of nitro benzene ring substituents is 1. The molecular formula is C32H21ClN4O4. The average molecular weight is 561 g/mol. The fourth-order valence-corrected chi connectivity index (χ4v) is 4.86. The molecule has 2 aromatic heterocycles. The minimum atomic E-state index is -0.507. The van der Waals surface area contributed by atoms with Crippen LogP contribution in [0.25, 0.3) is 39.2 Å².